The van der Waals surface area contributed by atoms with Crippen LogP contribution in [0, 0.1) is 0 Å². The quantitative estimate of drug-likeness (QED) is 0.654. The number of hydrogen-bond acceptors (Lipinski definition) is 2. The van der Waals surface area contributed by atoms with Gasteiger partial charge in [0.25, 0.3) is 0 Å². The SMILES string of the molecule is C/C=C1/CC(=O)Nc2ccccc2C1=O. The van der Waals surface area contributed by atoms with E-state index >= 15 is 0 Å². The minimum Gasteiger partial charge on any atom is -0.325 e. The lowest BCUT2D eigenvalue weighted by Gasteiger charge is -2.03. The first kappa shape index (κ1) is 9.65. The fraction of sp³-hybridized carbons (Fsp3) is 0.167. The predicted octanol–water partition coefficient (Wildman–Crippen LogP) is 2.16. The van der Waals surface area contributed by atoms with Gasteiger partial charge in [0.05, 0.1) is 12.1 Å². The Kier molecular flexibility index (Phi) is 2.37. The molecule has 0 saturated heterocycles. The number of Topliss-reactive ketones (excluding diaryl/α,β-unsaturated/α-hetero) is 1. The Labute approximate surface area is 87.8 Å². The molecular weight excluding hydrogens is 190 g/mol. The number of ketones is 1. The van der Waals surface area contributed by atoms with E-state index in [2.05, 4.69) is 5.32 Å². The summed E-state index contributed by atoms with van der Waals surface area (Å²) in [7, 11) is 0. The normalized spacial score (nSPS) is 18.3. The number of amides is 1. The van der Waals surface area contributed by atoms with Crippen LogP contribution in [0.5, 0.6) is 0 Å². The molecule has 0 spiro atoms. The summed E-state index contributed by atoms with van der Waals surface area (Å²) in [4.78, 5) is 23.4. The summed E-state index contributed by atoms with van der Waals surface area (Å²) >= 11 is 0. The monoisotopic (exact) mass is 201 g/mol. The van der Waals surface area contributed by atoms with E-state index in [1.165, 1.54) is 0 Å². The molecule has 0 fully saturated rings. The van der Waals surface area contributed by atoms with E-state index in [9.17, 15) is 9.59 Å². The van der Waals surface area contributed by atoms with E-state index in [4.69, 9.17) is 0 Å². The van der Waals surface area contributed by atoms with Gasteiger partial charge in [-0.1, -0.05) is 18.2 Å². The second-order valence-corrected chi connectivity index (χ2v) is 3.41. The molecule has 1 aliphatic rings. The molecule has 1 heterocycles. The molecule has 76 valence electrons. The van der Waals surface area contributed by atoms with Gasteiger partial charge in [-0.2, -0.15) is 0 Å². The van der Waals surface area contributed by atoms with Gasteiger partial charge in [-0.25, -0.2) is 0 Å². The summed E-state index contributed by atoms with van der Waals surface area (Å²) in [6.45, 7) is 1.77. The van der Waals surface area contributed by atoms with Gasteiger partial charge < -0.3 is 5.32 Å². The van der Waals surface area contributed by atoms with Crippen LogP contribution in [0.3, 0.4) is 0 Å². The van der Waals surface area contributed by atoms with Crippen molar-refractivity contribution < 1.29 is 9.59 Å². The van der Waals surface area contributed by atoms with Crippen LogP contribution in [-0.2, 0) is 4.79 Å². The van der Waals surface area contributed by atoms with Gasteiger partial charge >= 0.3 is 0 Å². The maximum atomic E-state index is 12.0. The van der Waals surface area contributed by atoms with Crippen molar-refractivity contribution in [1.29, 1.82) is 0 Å². The molecular formula is C12H11NO2. The number of para-hydroxylation sites is 1. The Hall–Kier alpha value is -1.90. The van der Waals surface area contributed by atoms with Crippen LogP contribution in [0.2, 0.25) is 0 Å². The van der Waals surface area contributed by atoms with Gasteiger partial charge in [0.2, 0.25) is 5.91 Å². The molecule has 15 heavy (non-hydrogen) atoms. The summed E-state index contributed by atoms with van der Waals surface area (Å²) in [5, 5.41) is 2.72. The third-order valence-electron chi connectivity index (χ3n) is 2.44. The summed E-state index contributed by atoms with van der Waals surface area (Å²) < 4.78 is 0. The zero-order valence-electron chi connectivity index (χ0n) is 8.41. The highest BCUT2D eigenvalue weighted by molar-refractivity contribution is 6.18. The number of anilines is 1. The average Bonchev–Trinajstić information content (AvgIpc) is 2.36. The number of allylic oxidation sites excluding steroid dienone is 1. The van der Waals surface area contributed by atoms with Gasteiger partial charge in [0.1, 0.15) is 0 Å². The fourth-order valence-corrected chi connectivity index (χ4v) is 1.64. The molecule has 2 rings (SSSR count). The van der Waals surface area contributed by atoms with Crippen molar-refractivity contribution in [3.8, 4) is 0 Å². The number of fused-ring (bicyclic) bond motifs is 1. The first-order chi connectivity index (χ1) is 7.22. The summed E-state index contributed by atoms with van der Waals surface area (Å²) in [6, 6.07) is 7.06. The van der Waals surface area contributed by atoms with E-state index in [-0.39, 0.29) is 18.1 Å². The van der Waals surface area contributed by atoms with Crippen LogP contribution in [0.25, 0.3) is 0 Å². The number of benzene rings is 1. The topological polar surface area (TPSA) is 46.2 Å². The van der Waals surface area contributed by atoms with Gasteiger partial charge in [0.15, 0.2) is 5.78 Å². The first-order valence-electron chi connectivity index (χ1n) is 4.81. The molecule has 1 amide bonds. The molecule has 0 aromatic heterocycles. The Morgan fingerprint density at radius 2 is 2.00 bits per heavy atom. The molecule has 3 heteroatoms. The van der Waals surface area contributed by atoms with E-state index in [0.29, 0.717) is 16.8 Å². The molecule has 0 bridgehead atoms. The largest absolute Gasteiger partial charge is 0.325 e. The minimum absolute atomic E-state index is 0.0635. The van der Waals surface area contributed by atoms with Crippen molar-refractivity contribution in [2.45, 2.75) is 13.3 Å². The highest BCUT2D eigenvalue weighted by Gasteiger charge is 2.22. The lowest BCUT2D eigenvalue weighted by molar-refractivity contribution is -0.115. The Bertz CT molecular complexity index is 460. The number of hydrogen-bond donors (Lipinski definition) is 1. The number of rotatable bonds is 0. The lowest BCUT2D eigenvalue weighted by atomic mass is 10.0. The van der Waals surface area contributed by atoms with Crippen LogP contribution in [0.1, 0.15) is 23.7 Å². The van der Waals surface area contributed by atoms with Crippen LogP contribution >= 0.6 is 0 Å². The second kappa shape index (κ2) is 3.69. The summed E-state index contributed by atoms with van der Waals surface area (Å²) in [6.07, 6.45) is 1.86. The molecule has 1 aliphatic heterocycles. The molecule has 1 aromatic carbocycles. The number of nitrogens with one attached hydrogen (secondary N) is 1. The van der Waals surface area contributed by atoms with Crippen molar-refractivity contribution in [3.63, 3.8) is 0 Å². The predicted molar refractivity (Wildman–Crippen MR) is 57.8 cm³/mol. The fourth-order valence-electron chi connectivity index (χ4n) is 1.64. The van der Waals surface area contributed by atoms with E-state index < -0.39 is 0 Å². The van der Waals surface area contributed by atoms with Crippen molar-refractivity contribution in [1.82, 2.24) is 0 Å². The third kappa shape index (κ3) is 1.68. The van der Waals surface area contributed by atoms with Crippen molar-refractivity contribution >= 4 is 17.4 Å². The number of carbonyl (C=O) groups is 2. The van der Waals surface area contributed by atoms with Crippen LogP contribution in [0.15, 0.2) is 35.9 Å². The van der Waals surface area contributed by atoms with Gasteiger partial charge in [-0.05, 0) is 19.1 Å². The molecule has 1 aromatic rings. The molecule has 0 saturated carbocycles. The molecule has 0 aliphatic carbocycles. The smallest absolute Gasteiger partial charge is 0.228 e. The average molecular weight is 201 g/mol. The van der Waals surface area contributed by atoms with Crippen LogP contribution in [0.4, 0.5) is 5.69 Å². The first-order valence-corrected chi connectivity index (χ1v) is 4.81. The van der Waals surface area contributed by atoms with E-state index in [1.54, 1.807) is 37.3 Å². The van der Waals surface area contributed by atoms with Gasteiger partial charge in [-0.3, -0.25) is 9.59 Å². The van der Waals surface area contributed by atoms with Crippen molar-refractivity contribution in [2.75, 3.05) is 5.32 Å². The van der Waals surface area contributed by atoms with Crippen LogP contribution < -0.4 is 5.32 Å². The summed E-state index contributed by atoms with van der Waals surface area (Å²) in [5.74, 6) is -0.201. The molecule has 3 nitrogen and oxygen atoms in total. The van der Waals surface area contributed by atoms with Crippen molar-refractivity contribution in [2.24, 2.45) is 0 Å². The van der Waals surface area contributed by atoms with Gasteiger partial charge in [-0.15, -0.1) is 0 Å². The standard InChI is InChI=1S/C12H11NO2/c1-2-8-7-11(14)13-10-6-4-3-5-9(10)12(8)15/h2-6H,7H2,1H3,(H,13,14)/b8-2-. The molecule has 0 atom stereocenters. The van der Waals surface area contributed by atoms with E-state index in [0.717, 1.165) is 0 Å². The minimum atomic E-state index is -0.138. The van der Waals surface area contributed by atoms with Crippen molar-refractivity contribution in [3.05, 3.63) is 41.5 Å². The highest BCUT2D eigenvalue weighted by Crippen LogP contribution is 2.24. The molecule has 0 unspecified atom stereocenters. The maximum absolute atomic E-state index is 12.0. The third-order valence-corrected chi connectivity index (χ3v) is 2.44. The van der Waals surface area contributed by atoms with E-state index in [1.807, 2.05) is 0 Å². The van der Waals surface area contributed by atoms with Gasteiger partial charge in [0, 0.05) is 11.1 Å². The zero-order valence-corrected chi connectivity index (χ0v) is 8.41. The Morgan fingerprint density at radius 1 is 1.27 bits per heavy atom. The summed E-state index contributed by atoms with van der Waals surface area (Å²) in [5.41, 5.74) is 1.72. The number of carbonyl (C=O) groups excluding carboxylic acids is 2. The Balaban J connectivity index is 2.57. The Morgan fingerprint density at radius 3 is 2.73 bits per heavy atom. The highest BCUT2D eigenvalue weighted by atomic mass is 16.2. The zero-order chi connectivity index (χ0) is 10.8. The lowest BCUT2D eigenvalue weighted by Crippen LogP contribution is -2.09. The van der Waals surface area contributed by atoms with Crippen LogP contribution in [-0.4, -0.2) is 11.7 Å². The second-order valence-electron chi connectivity index (χ2n) is 3.41. The maximum Gasteiger partial charge on any atom is 0.228 e. The molecule has 0 radical (unpaired) electrons. The molecule has 1 N–H and O–H groups in total.